The van der Waals surface area contributed by atoms with Gasteiger partial charge < -0.3 is 10.2 Å². The molecule has 0 saturated carbocycles. The summed E-state index contributed by atoms with van der Waals surface area (Å²) < 4.78 is 0.887. The van der Waals surface area contributed by atoms with Crippen molar-refractivity contribution in [2.75, 3.05) is 18.9 Å². The Labute approximate surface area is 92.2 Å². The Hall–Kier alpha value is -1.03. The number of halogens is 1. The van der Waals surface area contributed by atoms with E-state index in [2.05, 4.69) is 21.2 Å². The Kier molecular flexibility index (Phi) is 3.95. The standard InChI is InChI=1S/C10H13BrN2O/c1-3-13(2)10(14)12-9-7-5-4-6-8(9)11/h4-7H,3H2,1-2H3,(H,12,14). The lowest BCUT2D eigenvalue weighted by Crippen LogP contribution is -2.31. The number of urea groups is 1. The topological polar surface area (TPSA) is 32.3 Å². The molecule has 1 N–H and O–H groups in total. The van der Waals surface area contributed by atoms with Crippen LogP contribution in [0.15, 0.2) is 28.7 Å². The minimum absolute atomic E-state index is 0.0978. The lowest BCUT2D eigenvalue weighted by atomic mass is 10.3. The van der Waals surface area contributed by atoms with Crippen molar-refractivity contribution < 1.29 is 4.79 Å². The van der Waals surface area contributed by atoms with Gasteiger partial charge in [0.15, 0.2) is 0 Å². The lowest BCUT2D eigenvalue weighted by Gasteiger charge is -2.16. The van der Waals surface area contributed by atoms with Crippen molar-refractivity contribution in [2.45, 2.75) is 6.92 Å². The number of nitrogens with one attached hydrogen (secondary N) is 1. The Balaban J connectivity index is 2.70. The zero-order valence-corrected chi connectivity index (χ0v) is 9.84. The molecule has 1 aromatic carbocycles. The fraction of sp³-hybridized carbons (Fsp3) is 0.300. The monoisotopic (exact) mass is 256 g/mol. The largest absolute Gasteiger partial charge is 0.328 e. The molecule has 0 spiro atoms. The van der Waals surface area contributed by atoms with E-state index in [0.717, 1.165) is 10.2 Å². The Morgan fingerprint density at radius 3 is 2.71 bits per heavy atom. The van der Waals surface area contributed by atoms with Gasteiger partial charge in [-0.3, -0.25) is 0 Å². The smallest absolute Gasteiger partial charge is 0.321 e. The quantitative estimate of drug-likeness (QED) is 0.867. The van der Waals surface area contributed by atoms with Gasteiger partial charge >= 0.3 is 6.03 Å². The van der Waals surface area contributed by atoms with Gasteiger partial charge in [0.2, 0.25) is 0 Å². The van der Waals surface area contributed by atoms with Gasteiger partial charge in [0.25, 0.3) is 0 Å². The van der Waals surface area contributed by atoms with Crippen molar-refractivity contribution in [2.24, 2.45) is 0 Å². The summed E-state index contributed by atoms with van der Waals surface area (Å²) >= 11 is 3.36. The molecule has 14 heavy (non-hydrogen) atoms. The van der Waals surface area contributed by atoms with Crippen LogP contribution in [-0.4, -0.2) is 24.5 Å². The molecule has 0 bridgehead atoms. The summed E-state index contributed by atoms with van der Waals surface area (Å²) in [6, 6.07) is 7.43. The molecule has 2 amide bonds. The fourth-order valence-corrected chi connectivity index (χ4v) is 1.30. The van der Waals surface area contributed by atoms with Gasteiger partial charge in [-0.25, -0.2) is 4.79 Å². The summed E-state index contributed by atoms with van der Waals surface area (Å²) in [6.45, 7) is 2.62. The predicted molar refractivity (Wildman–Crippen MR) is 61.5 cm³/mol. The first-order valence-corrected chi connectivity index (χ1v) is 5.21. The molecule has 0 saturated heterocycles. The van der Waals surface area contributed by atoms with E-state index in [1.807, 2.05) is 31.2 Å². The molecule has 0 atom stereocenters. The maximum absolute atomic E-state index is 11.5. The molecule has 0 aromatic heterocycles. The summed E-state index contributed by atoms with van der Waals surface area (Å²) in [6.07, 6.45) is 0. The Bertz CT molecular complexity index is 328. The third-order valence-corrected chi connectivity index (χ3v) is 2.63. The highest BCUT2D eigenvalue weighted by Gasteiger charge is 2.07. The van der Waals surface area contributed by atoms with Gasteiger partial charge in [-0.05, 0) is 35.0 Å². The number of para-hydroxylation sites is 1. The van der Waals surface area contributed by atoms with E-state index in [9.17, 15) is 4.79 Å². The second kappa shape index (κ2) is 5.00. The van der Waals surface area contributed by atoms with Crippen LogP contribution in [0.1, 0.15) is 6.92 Å². The first-order valence-electron chi connectivity index (χ1n) is 4.41. The molecule has 0 aliphatic rings. The number of hydrogen-bond acceptors (Lipinski definition) is 1. The van der Waals surface area contributed by atoms with Crippen LogP contribution in [0, 0.1) is 0 Å². The molecule has 0 aliphatic carbocycles. The average molecular weight is 257 g/mol. The molecule has 0 radical (unpaired) electrons. The normalized spacial score (nSPS) is 9.64. The van der Waals surface area contributed by atoms with Crippen LogP contribution in [0.3, 0.4) is 0 Å². The molecule has 0 unspecified atom stereocenters. The van der Waals surface area contributed by atoms with Gasteiger partial charge in [0.1, 0.15) is 0 Å². The maximum Gasteiger partial charge on any atom is 0.321 e. The number of benzene rings is 1. The third kappa shape index (κ3) is 2.73. The molecule has 1 aromatic rings. The van der Waals surface area contributed by atoms with Crippen LogP contribution in [0.5, 0.6) is 0 Å². The lowest BCUT2D eigenvalue weighted by molar-refractivity contribution is 0.224. The Morgan fingerprint density at radius 1 is 1.50 bits per heavy atom. The Morgan fingerprint density at radius 2 is 2.14 bits per heavy atom. The SMILES string of the molecule is CCN(C)C(=O)Nc1ccccc1Br. The van der Waals surface area contributed by atoms with Crippen molar-refractivity contribution in [1.82, 2.24) is 4.90 Å². The highest BCUT2D eigenvalue weighted by molar-refractivity contribution is 9.10. The molecule has 3 nitrogen and oxygen atoms in total. The van der Waals surface area contributed by atoms with E-state index >= 15 is 0 Å². The van der Waals surface area contributed by atoms with Gasteiger partial charge in [0.05, 0.1) is 5.69 Å². The van der Waals surface area contributed by atoms with E-state index in [4.69, 9.17) is 0 Å². The summed E-state index contributed by atoms with van der Waals surface area (Å²) in [7, 11) is 1.76. The molecule has 4 heteroatoms. The van der Waals surface area contributed by atoms with Crippen molar-refractivity contribution in [3.8, 4) is 0 Å². The maximum atomic E-state index is 11.5. The number of anilines is 1. The summed E-state index contributed by atoms with van der Waals surface area (Å²) in [5.41, 5.74) is 0.790. The molecular weight excluding hydrogens is 244 g/mol. The minimum Gasteiger partial charge on any atom is -0.328 e. The average Bonchev–Trinajstić information content (AvgIpc) is 2.20. The van der Waals surface area contributed by atoms with E-state index < -0.39 is 0 Å². The number of carbonyl (C=O) groups is 1. The fourth-order valence-electron chi connectivity index (χ4n) is 0.917. The number of rotatable bonds is 2. The summed E-state index contributed by atoms with van der Waals surface area (Å²) in [5.74, 6) is 0. The number of amides is 2. The van der Waals surface area contributed by atoms with Gasteiger partial charge in [-0.2, -0.15) is 0 Å². The van der Waals surface area contributed by atoms with E-state index in [0.29, 0.717) is 6.54 Å². The molecule has 0 fully saturated rings. The van der Waals surface area contributed by atoms with Crippen LogP contribution in [0.4, 0.5) is 10.5 Å². The summed E-state index contributed by atoms with van der Waals surface area (Å²) in [4.78, 5) is 13.1. The molecule has 76 valence electrons. The molecule has 1 rings (SSSR count). The first-order chi connectivity index (χ1) is 6.65. The van der Waals surface area contributed by atoms with E-state index in [1.165, 1.54) is 0 Å². The molecule has 0 aliphatic heterocycles. The second-order valence-electron chi connectivity index (χ2n) is 2.92. The van der Waals surface area contributed by atoms with Crippen molar-refractivity contribution in [3.05, 3.63) is 28.7 Å². The molecule has 0 heterocycles. The third-order valence-electron chi connectivity index (χ3n) is 1.94. The molecular formula is C10H13BrN2O. The van der Waals surface area contributed by atoms with Crippen LogP contribution in [0.25, 0.3) is 0 Å². The van der Waals surface area contributed by atoms with Crippen LogP contribution in [-0.2, 0) is 0 Å². The first kappa shape index (κ1) is 11.0. The second-order valence-corrected chi connectivity index (χ2v) is 3.78. The minimum atomic E-state index is -0.0978. The van der Waals surface area contributed by atoms with Gasteiger partial charge in [-0.1, -0.05) is 12.1 Å². The van der Waals surface area contributed by atoms with Crippen molar-refractivity contribution in [1.29, 1.82) is 0 Å². The number of carbonyl (C=O) groups excluding carboxylic acids is 1. The van der Waals surface area contributed by atoms with E-state index in [1.54, 1.807) is 11.9 Å². The summed E-state index contributed by atoms with van der Waals surface area (Å²) in [5, 5.41) is 2.80. The zero-order chi connectivity index (χ0) is 10.6. The van der Waals surface area contributed by atoms with Crippen LogP contribution < -0.4 is 5.32 Å². The van der Waals surface area contributed by atoms with Gasteiger partial charge in [-0.15, -0.1) is 0 Å². The highest BCUT2D eigenvalue weighted by atomic mass is 79.9. The van der Waals surface area contributed by atoms with Crippen LogP contribution in [0.2, 0.25) is 0 Å². The number of hydrogen-bond donors (Lipinski definition) is 1. The highest BCUT2D eigenvalue weighted by Crippen LogP contribution is 2.21. The van der Waals surface area contributed by atoms with Crippen molar-refractivity contribution >= 4 is 27.6 Å². The van der Waals surface area contributed by atoms with Gasteiger partial charge in [0, 0.05) is 18.1 Å². The predicted octanol–water partition coefficient (Wildman–Crippen LogP) is 2.93. The zero-order valence-electron chi connectivity index (χ0n) is 8.25. The van der Waals surface area contributed by atoms with Crippen molar-refractivity contribution in [3.63, 3.8) is 0 Å². The van der Waals surface area contributed by atoms with Crippen LogP contribution >= 0.6 is 15.9 Å². The number of nitrogens with zero attached hydrogens (tertiary/aromatic N) is 1. The van der Waals surface area contributed by atoms with E-state index in [-0.39, 0.29) is 6.03 Å².